The number of benzene rings is 1. The molecular formula is C15H16N2O4. The number of nitrogens with one attached hydrogen (secondary N) is 2. The van der Waals surface area contributed by atoms with Gasteiger partial charge in [0.25, 0.3) is 0 Å². The SMILES string of the molecule is O=C(O)Cc1ccccc1NC(=O)NCCc1ccco1. The zero-order chi connectivity index (χ0) is 15.1. The first-order chi connectivity index (χ1) is 10.1. The van der Waals surface area contributed by atoms with Crippen molar-refractivity contribution in [3.05, 3.63) is 54.0 Å². The second-order valence-corrected chi connectivity index (χ2v) is 4.44. The Balaban J connectivity index is 1.86. The van der Waals surface area contributed by atoms with Crippen LogP contribution in [0.5, 0.6) is 0 Å². The average molecular weight is 288 g/mol. The number of aliphatic carboxylic acids is 1. The summed E-state index contributed by atoms with van der Waals surface area (Å²) in [4.78, 5) is 22.6. The number of carbonyl (C=O) groups excluding carboxylic acids is 1. The number of carbonyl (C=O) groups is 2. The van der Waals surface area contributed by atoms with Gasteiger partial charge in [0.2, 0.25) is 0 Å². The summed E-state index contributed by atoms with van der Waals surface area (Å²) < 4.78 is 5.16. The van der Waals surface area contributed by atoms with E-state index in [9.17, 15) is 9.59 Å². The number of para-hydroxylation sites is 1. The molecule has 0 spiro atoms. The van der Waals surface area contributed by atoms with Crippen LogP contribution in [0.1, 0.15) is 11.3 Å². The molecule has 1 aromatic heterocycles. The fraction of sp³-hybridized carbons (Fsp3) is 0.200. The molecule has 0 aliphatic heterocycles. The van der Waals surface area contributed by atoms with E-state index in [0.29, 0.717) is 24.2 Å². The summed E-state index contributed by atoms with van der Waals surface area (Å²) in [5.74, 6) is -0.149. The predicted octanol–water partition coefficient (Wildman–Crippen LogP) is 2.27. The second kappa shape index (κ2) is 7.14. The van der Waals surface area contributed by atoms with E-state index in [2.05, 4.69) is 10.6 Å². The van der Waals surface area contributed by atoms with Crippen molar-refractivity contribution < 1.29 is 19.1 Å². The van der Waals surface area contributed by atoms with Crippen LogP contribution in [0.25, 0.3) is 0 Å². The molecule has 110 valence electrons. The van der Waals surface area contributed by atoms with Crippen molar-refractivity contribution >= 4 is 17.7 Å². The Bertz CT molecular complexity index is 608. The van der Waals surface area contributed by atoms with Crippen LogP contribution in [0, 0.1) is 0 Å². The Kier molecular flexibility index (Phi) is 4.98. The van der Waals surface area contributed by atoms with Crippen molar-refractivity contribution in [2.45, 2.75) is 12.8 Å². The van der Waals surface area contributed by atoms with Crippen LogP contribution in [0.2, 0.25) is 0 Å². The third kappa shape index (κ3) is 4.68. The Morgan fingerprint density at radius 2 is 1.95 bits per heavy atom. The monoisotopic (exact) mass is 288 g/mol. The second-order valence-electron chi connectivity index (χ2n) is 4.44. The zero-order valence-electron chi connectivity index (χ0n) is 11.3. The van der Waals surface area contributed by atoms with Gasteiger partial charge in [-0.15, -0.1) is 0 Å². The van der Waals surface area contributed by atoms with Gasteiger partial charge in [-0.25, -0.2) is 4.79 Å². The average Bonchev–Trinajstić information content (AvgIpc) is 2.93. The topological polar surface area (TPSA) is 91.6 Å². The molecule has 3 N–H and O–H groups in total. The Hall–Kier alpha value is -2.76. The number of amides is 2. The molecule has 0 radical (unpaired) electrons. The Labute approximate surface area is 121 Å². The lowest BCUT2D eigenvalue weighted by molar-refractivity contribution is -0.136. The molecule has 21 heavy (non-hydrogen) atoms. The summed E-state index contributed by atoms with van der Waals surface area (Å²) in [6.45, 7) is 0.431. The normalized spacial score (nSPS) is 10.1. The standard InChI is InChI=1S/C15H16N2O4/c18-14(19)10-11-4-1-2-6-13(11)17-15(20)16-8-7-12-5-3-9-21-12/h1-6,9H,7-8,10H2,(H,18,19)(H2,16,17,20). The Morgan fingerprint density at radius 1 is 1.14 bits per heavy atom. The third-order valence-corrected chi connectivity index (χ3v) is 2.84. The number of carboxylic acid groups (broad SMARTS) is 1. The minimum Gasteiger partial charge on any atom is -0.481 e. The lowest BCUT2D eigenvalue weighted by atomic mass is 10.1. The number of carboxylic acids is 1. The van der Waals surface area contributed by atoms with Gasteiger partial charge in [0.15, 0.2) is 0 Å². The summed E-state index contributed by atoms with van der Waals surface area (Å²) in [6.07, 6.45) is 2.04. The summed E-state index contributed by atoms with van der Waals surface area (Å²) in [7, 11) is 0. The lowest BCUT2D eigenvalue weighted by Gasteiger charge is -2.10. The van der Waals surface area contributed by atoms with Crippen LogP contribution in [0.3, 0.4) is 0 Å². The van der Waals surface area contributed by atoms with Crippen LogP contribution in [-0.4, -0.2) is 23.7 Å². The van der Waals surface area contributed by atoms with E-state index in [1.165, 1.54) is 0 Å². The molecule has 6 heteroatoms. The molecule has 2 rings (SSSR count). The highest BCUT2D eigenvalue weighted by Crippen LogP contribution is 2.15. The van der Waals surface area contributed by atoms with Crippen molar-refractivity contribution in [3.63, 3.8) is 0 Å². The molecule has 2 aromatic rings. The van der Waals surface area contributed by atoms with Crippen LogP contribution >= 0.6 is 0 Å². The first-order valence-electron chi connectivity index (χ1n) is 6.52. The number of anilines is 1. The molecule has 2 amide bonds. The van der Waals surface area contributed by atoms with Crippen molar-refractivity contribution in [1.82, 2.24) is 5.32 Å². The maximum Gasteiger partial charge on any atom is 0.319 e. The van der Waals surface area contributed by atoms with Crippen LogP contribution < -0.4 is 10.6 Å². The summed E-state index contributed by atoms with van der Waals surface area (Å²) in [5.41, 5.74) is 1.06. The molecular weight excluding hydrogens is 272 g/mol. The van der Waals surface area contributed by atoms with Gasteiger partial charge in [-0.2, -0.15) is 0 Å². The summed E-state index contributed by atoms with van der Waals surface area (Å²) >= 11 is 0. The molecule has 1 heterocycles. The van der Waals surface area contributed by atoms with E-state index in [1.54, 1.807) is 36.6 Å². The van der Waals surface area contributed by atoms with Crippen LogP contribution in [-0.2, 0) is 17.6 Å². The van der Waals surface area contributed by atoms with Gasteiger partial charge in [-0.05, 0) is 23.8 Å². The highest BCUT2D eigenvalue weighted by atomic mass is 16.4. The maximum atomic E-state index is 11.8. The van der Waals surface area contributed by atoms with Gasteiger partial charge in [-0.3, -0.25) is 4.79 Å². The van der Waals surface area contributed by atoms with Crippen LogP contribution in [0.15, 0.2) is 47.1 Å². The molecule has 0 atom stereocenters. The van der Waals surface area contributed by atoms with Crippen molar-refractivity contribution in [3.8, 4) is 0 Å². The van der Waals surface area contributed by atoms with Gasteiger partial charge in [-0.1, -0.05) is 18.2 Å². The van der Waals surface area contributed by atoms with E-state index < -0.39 is 5.97 Å². The van der Waals surface area contributed by atoms with Gasteiger partial charge in [0.05, 0.1) is 12.7 Å². The molecule has 0 aliphatic rings. The Morgan fingerprint density at radius 3 is 2.67 bits per heavy atom. The first-order valence-corrected chi connectivity index (χ1v) is 6.52. The zero-order valence-corrected chi connectivity index (χ0v) is 11.3. The number of hydrogen-bond donors (Lipinski definition) is 3. The molecule has 0 saturated heterocycles. The van der Waals surface area contributed by atoms with E-state index in [1.807, 2.05) is 6.07 Å². The first kappa shape index (κ1) is 14.6. The molecule has 0 unspecified atom stereocenters. The van der Waals surface area contributed by atoms with Gasteiger partial charge in [0, 0.05) is 18.7 Å². The van der Waals surface area contributed by atoms with E-state index in [0.717, 1.165) is 5.76 Å². The summed E-state index contributed by atoms with van der Waals surface area (Å²) in [5, 5.41) is 14.2. The van der Waals surface area contributed by atoms with Gasteiger partial charge in [0.1, 0.15) is 5.76 Å². The minimum atomic E-state index is -0.942. The van der Waals surface area contributed by atoms with Crippen LogP contribution in [0.4, 0.5) is 10.5 Å². The molecule has 0 saturated carbocycles. The lowest BCUT2D eigenvalue weighted by Crippen LogP contribution is -2.30. The van der Waals surface area contributed by atoms with E-state index >= 15 is 0 Å². The largest absolute Gasteiger partial charge is 0.481 e. The number of urea groups is 1. The van der Waals surface area contributed by atoms with Gasteiger partial charge >= 0.3 is 12.0 Å². The fourth-order valence-electron chi connectivity index (χ4n) is 1.88. The fourth-order valence-corrected chi connectivity index (χ4v) is 1.88. The van der Waals surface area contributed by atoms with Crippen molar-refractivity contribution in [2.24, 2.45) is 0 Å². The third-order valence-electron chi connectivity index (χ3n) is 2.84. The molecule has 1 aromatic carbocycles. The molecule has 0 aliphatic carbocycles. The number of hydrogen-bond acceptors (Lipinski definition) is 3. The smallest absolute Gasteiger partial charge is 0.319 e. The maximum absolute atomic E-state index is 11.8. The minimum absolute atomic E-state index is 0.136. The van der Waals surface area contributed by atoms with E-state index in [-0.39, 0.29) is 12.5 Å². The van der Waals surface area contributed by atoms with E-state index in [4.69, 9.17) is 9.52 Å². The number of rotatable bonds is 6. The predicted molar refractivity (Wildman–Crippen MR) is 77.2 cm³/mol. The summed E-state index contributed by atoms with van der Waals surface area (Å²) in [6, 6.07) is 10.1. The van der Waals surface area contributed by atoms with Crippen molar-refractivity contribution in [1.29, 1.82) is 0 Å². The van der Waals surface area contributed by atoms with Crippen molar-refractivity contribution in [2.75, 3.05) is 11.9 Å². The number of furan rings is 1. The molecule has 6 nitrogen and oxygen atoms in total. The molecule has 0 bridgehead atoms. The highest BCUT2D eigenvalue weighted by Gasteiger charge is 2.09. The highest BCUT2D eigenvalue weighted by molar-refractivity contribution is 5.90. The van der Waals surface area contributed by atoms with Gasteiger partial charge < -0.3 is 20.2 Å². The molecule has 0 fully saturated rings. The quantitative estimate of drug-likeness (QED) is 0.760.